The molecule has 8 heteroatoms. The van der Waals surface area contributed by atoms with Crippen molar-refractivity contribution < 1.29 is 33.3 Å². The first-order valence-electron chi connectivity index (χ1n) is 7.61. The number of esters is 1. The number of carbonyl (C=O) groups is 3. The van der Waals surface area contributed by atoms with Crippen molar-refractivity contribution in [2.24, 2.45) is 0 Å². The molecule has 0 unspecified atom stereocenters. The first-order valence-corrected chi connectivity index (χ1v) is 7.61. The van der Waals surface area contributed by atoms with Crippen molar-refractivity contribution in [2.45, 2.75) is 26.3 Å². The molecule has 0 atom stereocenters. The Morgan fingerprint density at radius 3 is 2.04 bits per heavy atom. The zero-order chi connectivity index (χ0) is 18.8. The first kappa shape index (κ1) is 20.3. The summed E-state index contributed by atoms with van der Waals surface area (Å²) in [7, 11) is 4.50. The van der Waals surface area contributed by atoms with E-state index in [1.54, 1.807) is 12.1 Å². The lowest BCUT2D eigenvalue weighted by Crippen LogP contribution is -2.28. The number of hydrogen-bond donors (Lipinski definition) is 1. The lowest BCUT2D eigenvalue weighted by atomic mass is 10.1. The third kappa shape index (κ3) is 6.70. The zero-order valence-electron chi connectivity index (χ0n) is 14.8. The Balaban J connectivity index is 2.55. The fourth-order valence-electron chi connectivity index (χ4n) is 1.99. The number of amides is 1. The molecule has 0 saturated heterocycles. The Labute approximate surface area is 146 Å². The van der Waals surface area contributed by atoms with E-state index in [0.29, 0.717) is 17.2 Å². The van der Waals surface area contributed by atoms with Crippen molar-refractivity contribution in [1.82, 2.24) is 5.32 Å². The number of carbonyl (C=O) groups excluding carboxylic acids is 3. The smallest absolute Gasteiger partial charge is 0.306 e. The van der Waals surface area contributed by atoms with Gasteiger partial charge in [0.25, 0.3) is 5.91 Å². The van der Waals surface area contributed by atoms with Crippen molar-refractivity contribution in [1.29, 1.82) is 0 Å². The quantitative estimate of drug-likeness (QED) is 0.632. The van der Waals surface area contributed by atoms with Crippen LogP contribution in [0.4, 0.5) is 0 Å². The average molecular weight is 353 g/mol. The number of Topliss-reactive ketones (excluding diaryl/α,β-unsaturated/α-hetero) is 1. The van der Waals surface area contributed by atoms with E-state index in [1.165, 1.54) is 28.3 Å². The number of hydrogen-bond acceptors (Lipinski definition) is 7. The number of nitrogens with one attached hydrogen (secondary N) is 1. The van der Waals surface area contributed by atoms with Gasteiger partial charge in [-0.05, 0) is 24.6 Å². The van der Waals surface area contributed by atoms with Gasteiger partial charge in [-0.25, -0.2) is 0 Å². The Morgan fingerprint density at radius 1 is 0.960 bits per heavy atom. The molecule has 8 nitrogen and oxygen atoms in total. The summed E-state index contributed by atoms with van der Waals surface area (Å²) in [6, 6.07) is 3.42. The van der Waals surface area contributed by atoms with E-state index < -0.39 is 18.5 Å². The number of benzene rings is 1. The summed E-state index contributed by atoms with van der Waals surface area (Å²) in [5, 5.41) is 2.62. The van der Waals surface area contributed by atoms with Crippen LogP contribution in [0.5, 0.6) is 17.2 Å². The molecule has 0 bridgehead atoms. The SMILES string of the molecule is COc1cc(CNC(=O)COC(=O)CCC(C)=O)cc(OC)c1OC. The summed E-state index contributed by atoms with van der Waals surface area (Å²) in [5.41, 5.74) is 0.728. The maximum Gasteiger partial charge on any atom is 0.306 e. The molecule has 1 N–H and O–H groups in total. The summed E-state index contributed by atoms with van der Waals surface area (Å²) in [6.07, 6.45) is 0.0708. The third-order valence-electron chi connectivity index (χ3n) is 3.26. The van der Waals surface area contributed by atoms with Crippen LogP contribution >= 0.6 is 0 Å². The van der Waals surface area contributed by atoms with Gasteiger partial charge in [-0.2, -0.15) is 0 Å². The minimum absolute atomic E-state index is 0.0323. The molecule has 25 heavy (non-hydrogen) atoms. The highest BCUT2D eigenvalue weighted by Crippen LogP contribution is 2.38. The fraction of sp³-hybridized carbons (Fsp3) is 0.471. The van der Waals surface area contributed by atoms with Crippen LogP contribution in [0.1, 0.15) is 25.3 Å². The van der Waals surface area contributed by atoms with E-state index in [9.17, 15) is 14.4 Å². The van der Waals surface area contributed by atoms with Crippen LogP contribution in [0.3, 0.4) is 0 Å². The predicted molar refractivity (Wildman–Crippen MR) is 88.8 cm³/mol. The number of ketones is 1. The van der Waals surface area contributed by atoms with Gasteiger partial charge >= 0.3 is 5.97 Å². The number of methoxy groups -OCH3 is 3. The number of ether oxygens (including phenoxy) is 4. The van der Waals surface area contributed by atoms with Crippen molar-refractivity contribution in [3.05, 3.63) is 17.7 Å². The van der Waals surface area contributed by atoms with E-state index >= 15 is 0 Å². The molecule has 0 heterocycles. The van der Waals surface area contributed by atoms with Gasteiger partial charge in [0.1, 0.15) is 5.78 Å². The van der Waals surface area contributed by atoms with Gasteiger partial charge in [0, 0.05) is 13.0 Å². The summed E-state index contributed by atoms with van der Waals surface area (Å²) >= 11 is 0. The van der Waals surface area contributed by atoms with Crippen LogP contribution in [-0.2, 0) is 25.7 Å². The molecule has 0 spiro atoms. The van der Waals surface area contributed by atoms with Crippen LogP contribution in [0, 0.1) is 0 Å². The summed E-state index contributed by atoms with van der Waals surface area (Å²) in [5.74, 6) is 0.259. The van der Waals surface area contributed by atoms with Crippen LogP contribution in [0.25, 0.3) is 0 Å². The van der Waals surface area contributed by atoms with Crippen LogP contribution in [0.15, 0.2) is 12.1 Å². The largest absolute Gasteiger partial charge is 0.493 e. The molecule has 1 rings (SSSR count). The Bertz CT molecular complexity index is 602. The summed E-state index contributed by atoms with van der Waals surface area (Å²) in [6.45, 7) is 1.18. The van der Waals surface area contributed by atoms with Crippen molar-refractivity contribution in [3.63, 3.8) is 0 Å². The molecule has 1 aromatic rings. The maximum absolute atomic E-state index is 11.7. The predicted octanol–water partition coefficient (Wildman–Crippen LogP) is 1.24. The van der Waals surface area contributed by atoms with E-state index in [4.69, 9.17) is 18.9 Å². The second-order valence-corrected chi connectivity index (χ2v) is 5.17. The summed E-state index contributed by atoms with van der Waals surface area (Å²) < 4.78 is 20.5. The van der Waals surface area contributed by atoms with Crippen molar-refractivity contribution in [3.8, 4) is 17.2 Å². The van der Waals surface area contributed by atoms with Crippen LogP contribution in [0.2, 0.25) is 0 Å². The summed E-state index contributed by atoms with van der Waals surface area (Å²) in [4.78, 5) is 33.9. The van der Waals surface area contributed by atoms with Gasteiger partial charge < -0.3 is 29.1 Å². The first-order chi connectivity index (χ1) is 11.9. The molecule has 1 aromatic carbocycles. The molecule has 138 valence electrons. The Hall–Kier alpha value is -2.77. The minimum atomic E-state index is -0.585. The molecule has 0 aromatic heterocycles. The highest BCUT2D eigenvalue weighted by Gasteiger charge is 2.14. The average Bonchev–Trinajstić information content (AvgIpc) is 2.61. The monoisotopic (exact) mass is 353 g/mol. The molecule has 0 aliphatic heterocycles. The lowest BCUT2D eigenvalue weighted by Gasteiger charge is -2.14. The molecular formula is C17H23NO7. The third-order valence-corrected chi connectivity index (χ3v) is 3.26. The van der Waals surface area contributed by atoms with E-state index in [0.717, 1.165) is 5.56 Å². The molecule has 0 aliphatic carbocycles. The van der Waals surface area contributed by atoms with Gasteiger partial charge in [0.2, 0.25) is 5.75 Å². The van der Waals surface area contributed by atoms with Gasteiger partial charge in [-0.15, -0.1) is 0 Å². The molecule has 0 fully saturated rings. The molecule has 0 aliphatic rings. The van der Waals surface area contributed by atoms with Gasteiger partial charge in [0.15, 0.2) is 18.1 Å². The topological polar surface area (TPSA) is 100 Å². The molecule has 0 saturated carbocycles. The Morgan fingerprint density at radius 2 is 1.56 bits per heavy atom. The normalized spacial score (nSPS) is 9.92. The molecular weight excluding hydrogens is 330 g/mol. The van der Waals surface area contributed by atoms with E-state index in [2.05, 4.69) is 5.32 Å². The highest BCUT2D eigenvalue weighted by molar-refractivity contribution is 5.83. The maximum atomic E-state index is 11.7. The van der Waals surface area contributed by atoms with Crippen LogP contribution in [-0.4, -0.2) is 45.6 Å². The second-order valence-electron chi connectivity index (χ2n) is 5.17. The standard InChI is InChI=1S/C17H23NO7/c1-11(19)5-6-16(21)25-10-15(20)18-9-12-7-13(22-2)17(24-4)14(8-12)23-3/h7-8H,5-6,9-10H2,1-4H3,(H,18,20). The minimum Gasteiger partial charge on any atom is -0.493 e. The number of rotatable bonds is 10. The van der Waals surface area contributed by atoms with Crippen molar-refractivity contribution in [2.75, 3.05) is 27.9 Å². The Kier molecular flexibility index (Phi) is 8.25. The van der Waals surface area contributed by atoms with Gasteiger partial charge in [-0.1, -0.05) is 0 Å². The lowest BCUT2D eigenvalue weighted by molar-refractivity contribution is -0.149. The fourth-order valence-corrected chi connectivity index (χ4v) is 1.99. The van der Waals surface area contributed by atoms with Crippen LogP contribution < -0.4 is 19.5 Å². The van der Waals surface area contributed by atoms with E-state index in [1.807, 2.05) is 0 Å². The zero-order valence-corrected chi connectivity index (χ0v) is 14.8. The molecule has 1 amide bonds. The highest BCUT2D eigenvalue weighted by atomic mass is 16.5. The van der Waals surface area contributed by atoms with E-state index in [-0.39, 0.29) is 25.2 Å². The van der Waals surface area contributed by atoms with Crippen molar-refractivity contribution >= 4 is 17.7 Å². The van der Waals surface area contributed by atoms with Gasteiger partial charge in [0.05, 0.1) is 27.8 Å². The molecule has 0 radical (unpaired) electrons. The van der Waals surface area contributed by atoms with Gasteiger partial charge in [-0.3, -0.25) is 9.59 Å². The second kappa shape index (κ2) is 10.2.